The summed E-state index contributed by atoms with van der Waals surface area (Å²) in [5, 5.41) is 3.02. The third kappa shape index (κ3) is 4.31. The summed E-state index contributed by atoms with van der Waals surface area (Å²) in [5.74, 6) is -0.482. The standard InChI is InChI=1S/C15H15ClN2O2S/c1-10-3-2-4-12(7-10)18-15(19)9-21(20)14-6-5-11(17)8-13(14)16/h2-8H,9,17H2,1H3,(H,18,19). The topological polar surface area (TPSA) is 72.2 Å². The Morgan fingerprint density at radius 1 is 1.29 bits per heavy atom. The average Bonchev–Trinajstić information content (AvgIpc) is 2.38. The average molecular weight is 323 g/mol. The molecule has 0 aliphatic heterocycles. The van der Waals surface area contributed by atoms with E-state index in [9.17, 15) is 9.00 Å². The lowest BCUT2D eigenvalue weighted by Crippen LogP contribution is -2.19. The van der Waals surface area contributed by atoms with Crippen LogP contribution in [0.25, 0.3) is 0 Å². The number of nitrogens with one attached hydrogen (secondary N) is 1. The maximum atomic E-state index is 12.2. The normalized spacial score (nSPS) is 11.9. The van der Waals surface area contributed by atoms with E-state index in [2.05, 4.69) is 5.32 Å². The van der Waals surface area contributed by atoms with Crippen molar-refractivity contribution in [1.29, 1.82) is 0 Å². The van der Waals surface area contributed by atoms with Gasteiger partial charge in [0.1, 0.15) is 5.75 Å². The maximum Gasteiger partial charge on any atom is 0.237 e. The highest BCUT2D eigenvalue weighted by atomic mass is 35.5. The molecule has 0 spiro atoms. The molecule has 0 saturated carbocycles. The number of halogens is 1. The van der Waals surface area contributed by atoms with Gasteiger partial charge in [0, 0.05) is 11.4 Å². The number of anilines is 2. The SMILES string of the molecule is Cc1cccc(NC(=O)CS(=O)c2ccc(N)cc2Cl)c1. The molecular weight excluding hydrogens is 308 g/mol. The summed E-state index contributed by atoms with van der Waals surface area (Å²) in [6, 6.07) is 12.1. The van der Waals surface area contributed by atoms with E-state index in [-0.39, 0.29) is 11.7 Å². The van der Waals surface area contributed by atoms with Crippen LogP contribution in [0.1, 0.15) is 5.56 Å². The molecule has 2 rings (SSSR count). The van der Waals surface area contributed by atoms with Gasteiger partial charge in [-0.25, -0.2) is 0 Å². The molecule has 2 aromatic rings. The number of carbonyl (C=O) groups excluding carboxylic acids is 1. The minimum absolute atomic E-state index is 0.155. The number of aryl methyl sites for hydroxylation is 1. The smallest absolute Gasteiger partial charge is 0.237 e. The van der Waals surface area contributed by atoms with Crippen LogP contribution in [0, 0.1) is 6.92 Å². The number of nitrogens with two attached hydrogens (primary N) is 1. The molecule has 21 heavy (non-hydrogen) atoms. The summed E-state index contributed by atoms with van der Waals surface area (Å²) in [4.78, 5) is 12.3. The van der Waals surface area contributed by atoms with Gasteiger partial charge < -0.3 is 11.1 Å². The highest BCUT2D eigenvalue weighted by molar-refractivity contribution is 7.86. The van der Waals surface area contributed by atoms with Crippen LogP contribution in [0.2, 0.25) is 5.02 Å². The monoisotopic (exact) mass is 322 g/mol. The number of carbonyl (C=O) groups is 1. The summed E-state index contributed by atoms with van der Waals surface area (Å²) in [6.07, 6.45) is 0. The van der Waals surface area contributed by atoms with Gasteiger partial charge >= 0.3 is 0 Å². The molecule has 2 aromatic carbocycles. The highest BCUT2D eigenvalue weighted by Crippen LogP contribution is 2.22. The predicted octanol–water partition coefficient (Wildman–Crippen LogP) is 2.98. The molecule has 1 unspecified atom stereocenters. The van der Waals surface area contributed by atoms with Crippen LogP contribution in [-0.4, -0.2) is 15.9 Å². The Bertz CT molecular complexity index is 704. The predicted molar refractivity (Wildman–Crippen MR) is 86.9 cm³/mol. The molecule has 0 saturated heterocycles. The molecule has 1 atom stereocenters. The van der Waals surface area contributed by atoms with Crippen LogP contribution in [0.5, 0.6) is 0 Å². The minimum atomic E-state index is -1.51. The molecule has 4 nitrogen and oxygen atoms in total. The Hall–Kier alpha value is -1.85. The van der Waals surface area contributed by atoms with Crippen molar-refractivity contribution in [2.24, 2.45) is 0 Å². The van der Waals surface area contributed by atoms with Crippen molar-refractivity contribution in [3.05, 3.63) is 53.1 Å². The molecule has 0 heterocycles. The number of rotatable bonds is 4. The lowest BCUT2D eigenvalue weighted by atomic mass is 10.2. The first-order valence-electron chi connectivity index (χ1n) is 6.25. The van der Waals surface area contributed by atoms with E-state index in [4.69, 9.17) is 17.3 Å². The largest absolute Gasteiger partial charge is 0.399 e. The molecule has 1 amide bonds. The van der Waals surface area contributed by atoms with Crippen LogP contribution in [-0.2, 0) is 15.6 Å². The second-order valence-electron chi connectivity index (χ2n) is 4.60. The first-order chi connectivity index (χ1) is 9.95. The lowest BCUT2D eigenvalue weighted by molar-refractivity contribution is -0.113. The number of amides is 1. The van der Waals surface area contributed by atoms with E-state index in [1.165, 1.54) is 6.07 Å². The number of hydrogen-bond donors (Lipinski definition) is 2. The van der Waals surface area contributed by atoms with E-state index >= 15 is 0 Å². The number of hydrogen-bond acceptors (Lipinski definition) is 3. The van der Waals surface area contributed by atoms with Gasteiger partial charge in [0.2, 0.25) is 5.91 Å². The van der Waals surface area contributed by atoms with Crippen LogP contribution >= 0.6 is 11.6 Å². The van der Waals surface area contributed by atoms with Gasteiger partial charge in [-0.05, 0) is 42.8 Å². The van der Waals surface area contributed by atoms with Gasteiger partial charge in [-0.2, -0.15) is 0 Å². The molecule has 0 fully saturated rings. The minimum Gasteiger partial charge on any atom is -0.399 e. The zero-order valence-corrected chi connectivity index (χ0v) is 13.0. The summed E-state index contributed by atoms with van der Waals surface area (Å²) >= 11 is 5.98. The van der Waals surface area contributed by atoms with Crippen LogP contribution in [0.4, 0.5) is 11.4 Å². The fourth-order valence-electron chi connectivity index (χ4n) is 1.82. The number of nitrogen functional groups attached to an aromatic ring is 1. The Morgan fingerprint density at radius 3 is 2.71 bits per heavy atom. The quantitative estimate of drug-likeness (QED) is 0.850. The van der Waals surface area contributed by atoms with Gasteiger partial charge in [-0.15, -0.1) is 0 Å². The Labute approximate surface area is 130 Å². The fraction of sp³-hybridized carbons (Fsp3) is 0.133. The van der Waals surface area contributed by atoms with Crippen molar-refractivity contribution in [2.45, 2.75) is 11.8 Å². The zero-order valence-electron chi connectivity index (χ0n) is 11.4. The van der Waals surface area contributed by atoms with Crippen molar-refractivity contribution in [1.82, 2.24) is 0 Å². The molecule has 6 heteroatoms. The van der Waals surface area contributed by atoms with Crippen molar-refractivity contribution >= 4 is 39.7 Å². The molecule has 0 aliphatic rings. The second-order valence-corrected chi connectivity index (χ2v) is 6.42. The molecular formula is C15H15ClN2O2S. The van der Waals surface area contributed by atoms with Crippen molar-refractivity contribution in [2.75, 3.05) is 16.8 Å². The third-order valence-electron chi connectivity index (χ3n) is 2.77. The van der Waals surface area contributed by atoms with Crippen molar-refractivity contribution in [3.8, 4) is 0 Å². The second kappa shape index (κ2) is 6.74. The molecule has 0 aliphatic carbocycles. The molecule has 0 aromatic heterocycles. The highest BCUT2D eigenvalue weighted by Gasteiger charge is 2.13. The molecule has 110 valence electrons. The van der Waals surface area contributed by atoms with E-state index in [1.807, 2.05) is 25.1 Å². The van der Waals surface area contributed by atoms with E-state index in [0.29, 0.717) is 21.3 Å². The van der Waals surface area contributed by atoms with E-state index < -0.39 is 10.8 Å². The first kappa shape index (κ1) is 15.5. The van der Waals surface area contributed by atoms with Crippen LogP contribution < -0.4 is 11.1 Å². The van der Waals surface area contributed by atoms with Gasteiger partial charge in [-0.1, -0.05) is 23.7 Å². The van der Waals surface area contributed by atoms with Gasteiger partial charge in [0.15, 0.2) is 0 Å². The molecule has 3 N–H and O–H groups in total. The van der Waals surface area contributed by atoms with Crippen LogP contribution in [0.15, 0.2) is 47.4 Å². The van der Waals surface area contributed by atoms with Gasteiger partial charge in [0.05, 0.1) is 20.7 Å². The Morgan fingerprint density at radius 2 is 2.05 bits per heavy atom. The van der Waals surface area contributed by atoms with Crippen molar-refractivity contribution < 1.29 is 9.00 Å². The Kier molecular flexibility index (Phi) is 4.98. The summed E-state index contributed by atoms with van der Waals surface area (Å²) in [7, 11) is -1.51. The van der Waals surface area contributed by atoms with Gasteiger partial charge in [0.25, 0.3) is 0 Å². The number of benzene rings is 2. The molecule has 0 radical (unpaired) electrons. The summed E-state index contributed by atoms with van der Waals surface area (Å²) in [6.45, 7) is 1.93. The van der Waals surface area contributed by atoms with Gasteiger partial charge in [-0.3, -0.25) is 9.00 Å². The first-order valence-corrected chi connectivity index (χ1v) is 7.95. The lowest BCUT2D eigenvalue weighted by Gasteiger charge is -2.07. The third-order valence-corrected chi connectivity index (χ3v) is 4.56. The van der Waals surface area contributed by atoms with Crippen LogP contribution in [0.3, 0.4) is 0 Å². The van der Waals surface area contributed by atoms with E-state index in [1.54, 1.807) is 18.2 Å². The van der Waals surface area contributed by atoms with E-state index in [0.717, 1.165) is 5.56 Å². The summed E-state index contributed by atoms with van der Waals surface area (Å²) in [5.41, 5.74) is 7.79. The van der Waals surface area contributed by atoms with Crippen molar-refractivity contribution in [3.63, 3.8) is 0 Å². The maximum absolute atomic E-state index is 12.2. The summed E-state index contributed by atoms with van der Waals surface area (Å²) < 4.78 is 12.2. The zero-order chi connectivity index (χ0) is 15.4. The Balaban J connectivity index is 2.04. The fourth-order valence-corrected chi connectivity index (χ4v) is 3.23. The molecule has 0 bridgehead atoms.